The van der Waals surface area contributed by atoms with Crippen molar-refractivity contribution in [1.82, 2.24) is 0 Å². The van der Waals surface area contributed by atoms with Crippen LogP contribution in [0, 0.1) is 5.41 Å². The predicted octanol–water partition coefficient (Wildman–Crippen LogP) is 3.52. The summed E-state index contributed by atoms with van der Waals surface area (Å²) in [5.74, 6) is 0. The van der Waals surface area contributed by atoms with Gasteiger partial charge in [-0.15, -0.1) is 0 Å². The first kappa shape index (κ1) is 30.7. The Morgan fingerprint density at radius 3 is 1.45 bits per heavy atom. The van der Waals surface area contributed by atoms with Crippen LogP contribution in [0.2, 0.25) is 0 Å². The van der Waals surface area contributed by atoms with E-state index in [-0.39, 0.29) is 35.8 Å². The Bertz CT molecular complexity index is 411. The molecule has 0 aromatic carbocycles. The van der Waals surface area contributed by atoms with Crippen LogP contribution < -0.4 is 11.5 Å². The molecule has 6 unspecified atom stereocenters. The number of rotatable bonds is 21. The van der Waals surface area contributed by atoms with Crippen molar-refractivity contribution in [3.63, 3.8) is 0 Å². The van der Waals surface area contributed by atoms with Crippen molar-refractivity contribution in [2.45, 2.75) is 105 Å². The molecule has 6 atom stereocenters. The van der Waals surface area contributed by atoms with Gasteiger partial charge in [0.25, 0.3) is 0 Å². The van der Waals surface area contributed by atoms with E-state index < -0.39 is 0 Å². The van der Waals surface area contributed by atoms with E-state index in [0.29, 0.717) is 46.2 Å². The van der Waals surface area contributed by atoms with Gasteiger partial charge < -0.3 is 35.2 Å². The SMILES string of the molecule is CCCCC(CC)(COCC(C)OCC(C)N)COCC(C)OCC(C)OCC(C)N. The maximum absolute atomic E-state index is 6.10. The van der Waals surface area contributed by atoms with Gasteiger partial charge in [-0.25, -0.2) is 0 Å². The van der Waals surface area contributed by atoms with Crippen LogP contribution in [0.25, 0.3) is 0 Å². The van der Waals surface area contributed by atoms with Gasteiger partial charge in [-0.05, 0) is 47.5 Å². The quantitative estimate of drug-likeness (QED) is 0.277. The van der Waals surface area contributed by atoms with Gasteiger partial charge in [-0.3, -0.25) is 0 Å². The second kappa shape index (κ2) is 18.2. The van der Waals surface area contributed by atoms with E-state index in [1.54, 1.807) is 0 Å². The van der Waals surface area contributed by atoms with Gasteiger partial charge >= 0.3 is 0 Å². The van der Waals surface area contributed by atoms with E-state index in [9.17, 15) is 0 Å². The fourth-order valence-corrected chi connectivity index (χ4v) is 3.08. The Kier molecular flexibility index (Phi) is 18.0. The van der Waals surface area contributed by atoms with E-state index in [1.807, 2.05) is 34.6 Å². The average Bonchev–Trinajstić information content (AvgIpc) is 2.72. The predicted molar refractivity (Wildman–Crippen MR) is 127 cm³/mol. The van der Waals surface area contributed by atoms with Crippen LogP contribution in [0.5, 0.6) is 0 Å². The first-order valence-corrected chi connectivity index (χ1v) is 12.2. The Morgan fingerprint density at radius 2 is 1.06 bits per heavy atom. The lowest BCUT2D eigenvalue weighted by Gasteiger charge is -2.33. The van der Waals surface area contributed by atoms with Crippen molar-refractivity contribution in [2.75, 3.05) is 46.2 Å². The van der Waals surface area contributed by atoms with Crippen LogP contribution in [0.1, 0.15) is 74.1 Å². The summed E-state index contributed by atoms with van der Waals surface area (Å²) in [6, 6.07) is 0.0765. The van der Waals surface area contributed by atoms with E-state index in [2.05, 4.69) is 13.8 Å². The molecule has 0 bridgehead atoms. The van der Waals surface area contributed by atoms with Crippen molar-refractivity contribution in [3.8, 4) is 0 Å². The Hall–Kier alpha value is -0.280. The molecule has 7 nitrogen and oxygen atoms in total. The topological polar surface area (TPSA) is 98.2 Å². The Morgan fingerprint density at radius 1 is 0.645 bits per heavy atom. The monoisotopic (exact) mass is 448 g/mol. The van der Waals surface area contributed by atoms with Crippen LogP contribution in [0.3, 0.4) is 0 Å². The third kappa shape index (κ3) is 16.9. The van der Waals surface area contributed by atoms with Crippen molar-refractivity contribution in [3.05, 3.63) is 0 Å². The molecule has 0 fully saturated rings. The lowest BCUT2D eigenvalue weighted by molar-refractivity contribution is -0.0890. The van der Waals surface area contributed by atoms with Crippen LogP contribution in [0.4, 0.5) is 0 Å². The second-order valence-electron chi connectivity index (χ2n) is 9.37. The van der Waals surface area contributed by atoms with Gasteiger partial charge in [0.2, 0.25) is 0 Å². The van der Waals surface area contributed by atoms with E-state index in [0.717, 1.165) is 25.7 Å². The smallest absolute Gasteiger partial charge is 0.0781 e. The molecule has 0 saturated carbocycles. The number of hydrogen-bond donors (Lipinski definition) is 2. The minimum absolute atomic E-state index is 0.00896. The molecular weight excluding hydrogens is 396 g/mol. The normalized spacial score (nSPS) is 18.9. The standard InChI is InChI=1S/C24H52N2O5/c1-8-10-11-24(9-2,17-27-14-21(5)29-12-19(3)25)18-28-15-22(6)31-16-23(7)30-13-20(4)26/h19-23H,8-18,25-26H2,1-7H3. The summed E-state index contributed by atoms with van der Waals surface area (Å²) in [5.41, 5.74) is 11.5. The van der Waals surface area contributed by atoms with Gasteiger partial charge in [0, 0.05) is 17.5 Å². The maximum Gasteiger partial charge on any atom is 0.0781 e. The number of unbranched alkanes of at least 4 members (excludes halogenated alkanes) is 1. The summed E-state index contributed by atoms with van der Waals surface area (Å²) < 4.78 is 29.4. The maximum atomic E-state index is 6.10. The summed E-state index contributed by atoms with van der Waals surface area (Å²) in [6.45, 7) is 18.5. The molecule has 0 aliphatic heterocycles. The van der Waals surface area contributed by atoms with Gasteiger partial charge in [0.15, 0.2) is 0 Å². The highest BCUT2D eigenvalue weighted by atomic mass is 16.6. The van der Waals surface area contributed by atoms with Gasteiger partial charge in [-0.1, -0.05) is 26.7 Å². The van der Waals surface area contributed by atoms with Gasteiger partial charge in [0.1, 0.15) is 0 Å². The molecule has 0 rings (SSSR count). The highest BCUT2D eigenvalue weighted by Gasteiger charge is 2.29. The third-order valence-corrected chi connectivity index (χ3v) is 5.23. The number of hydrogen-bond acceptors (Lipinski definition) is 7. The molecule has 0 aromatic heterocycles. The third-order valence-electron chi connectivity index (χ3n) is 5.23. The van der Waals surface area contributed by atoms with E-state index in [4.69, 9.17) is 35.2 Å². The Labute approximate surface area is 191 Å². The van der Waals surface area contributed by atoms with Crippen LogP contribution in [-0.4, -0.2) is 76.6 Å². The van der Waals surface area contributed by atoms with Crippen molar-refractivity contribution in [2.24, 2.45) is 16.9 Å². The minimum atomic E-state index is 0.00896. The number of nitrogens with two attached hydrogens (primary N) is 2. The van der Waals surface area contributed by atoms with Crippen LogP contribution >= 0.6 is 0 Å². The first-order chi connectivity index (χ1) is 14.6. The molecule has 0 aromatic rings. The molecule has 0 aliphatic rings. The zero-order valence-electron chi connectivity index (χ0n) is 21.4. The molecule has 0 aliphatic carbocycles. The molecule has 188 valence electrons. The van der Waals surface area contributed by atoms with E-state index >= 15 is 0 Å². The first-order valence-electron chi connectivity index (χ1n) is 12.2. The van der Waals surface area contributed by atoms with Crippen molar-refractivity contribution < 1.29 is 23.7 Å². The summed E-state index contributed by atoms with van der Waals surface area (Å²) in [5, 5.41) is 0. The average molecular weight is 449 g/mol. The van der Waals surface area contributed by atoms with Gasteiger partial charge in [0.05, 0.1) is 64.6 Å². The van der Waals surface area contributed by atoms with Gasteiger partial charge in [-0.2, -0.15) is 0 Å². The minimum Gasteiger partial charge on any atom is -0.378 e. The molecule has 0 amide bonds. The van der Waals surface area contributed by atoms with Crippen LogP contribution in [-0.2, 0) is 23.7 Å². The van der Waals surface area contributed by atoms with Crippen LogP contribution in [0.15, 0.2) is 0 Å². The lowest BCUT2D eigenvalue weighted by Crippen LogP contribution is -2.35. The highest BCUT2D eigenvalue weighted by molar-refractivity contribution is 4.78. The fourth-order valence-electron chi connectivity index (χ4n) is 3.08. The summed E-state index contributed by atoms with van der Waals surface area (Å²) in [4.78, 5) is 0. The van der Waals surface area contributed by atoms with E-state index in [1.165, 1.54) is 0 Å². The Balaban J connectivity index is 4.39. The number of ether oxygens (including phenoxy) is 5. The molecule has 0 spiro atoms. The second-order valence-corrected chi connectivity index (χ2v) is 9.37. The van der Waals surface area contributed by atoms with Crippen molar-refractivity contribution >= 4 is 0 Å². The zero-order chi connectivity index (χ0) is 23.7. The molecular formula is C24H52N2O5. The molecule has 31 heavy (non-hydrogen) atoms. The molecule has 0 saturated heterocycles. The largest absolute Gasteiger partial charge is 0.378 e. The van der Waals surface area contributed by atoms with Crippen molar-refractivity contribution in [1.29, 1.82) is 0 Å². The lowest BCUT2D eigenvalue weighted by atomic mass is 9.81. The summed E-state index contributed by atoms with van der Waals surface area (Å²) in [6.07, 6.45) is 4.49. The molecule has 7 heteroatoms. The molecule has 0 radical (unpaired) electrons. The summed E-state index contributed by atoms with van der Waals surface area (Å²) >= 11 is 0. The molecule has 4 N–H and O–H groups in total. The zero-order valence-corrected chi connectivity index (χ0v) is 21.4. The summed E-state index contributed by atoms with van der Waals surface area (Å²) in [7, 11) is 0. The molecule has 0 heterocycles. The fraction of sp³-hybridized carbons (Fsp3) is 1.00. The highest BCUT2D eigenvalue weighted by Crippen LogP contribution is 2.30.